The Kier molecular flexibility index (Phi) is 4.07. The standard InChI is InChI=1S/C13H19ClN2O2/c1-2-8-16-11(10(14)9-15-16)12(17)13(18)6-4-3-5-7-13/h9,18H,2-8H2,1H3. The molecule has 1 aliphatic carbocycles. The highest BCUT2D eigenvalue weighted by Crippen LogP contribution is 2.33. The second-order valence-corrected chi connectivity index (χ2v) is 5.39. The zero-order valence-corrected chi connectivity index (χ0v) is 11.4. The molecule has 1 aliphatic rings. The summed E-state index contributed by atoms with van der Waals surface area (Å²) in [6.07, 6.45) is 6.27. The van der Waals surface area contributed by atoms with Crippen molar-refractivity contribution in [1.82, 2.24) is 9.78 Å². The number of hydrogen-bond acceptors (Lipinski definition) is 3. The van der Waals surface area contributed by atoms with Gasteiger partial charge in [-0.3, -0.25) is 9.48 Å². The molecule has 0 spiro atoms. The second kappa shape index (κ2) is 5.41. The molecule has 1 heterocycles. The average Bonchev–Trinajstić information content (AvgIpc) is 2.71. The van der Waals surface area contributed by atoms with Gasteiger partial charge in [-0.1, -0.05) is 37.8 Å². The minimum Gasteiger partial charge on any atom is -0.382 e. The van der Waals surface area contributed by atoms with Crippen molar-refractivity contribution >= 4 is 17.4 Å². The molecule has 18 heavy (non-hydrogen) atoms. The molecular formula is C13H19ClN2O2. The number of Topliss-reactive ketones (excluding diaryl/α,β-unsaturated/α-hetero) is 1. The summed E-state index contributed by atoms with van der Waals surface area (Å²) in [4.78, 5) is 12.5. The van der Waals surface area contributed by atoms with Crippen molar-refractivity contribution in [3.05, 3.63) is 16.9 Å². The minimum absolute atomic E-state index is 0.266. The molecule has 0 aromatic carbocycles. The maximum atomic E-state index is 12.5. The molecule has 1 aromatic rings. The Morgan fingerprint density at radius 2 is 2.17 bits per heavy atom. The molecule has 0 radical (unpaired) electrons. The van der Waals surface area contributed by atoms with E-state index in [2.05, 4.69) is 5.10 Å². The number of carbonyl (C=O) groups is 1. The van der Waals surface area contributed by atoms with Crippen LogP contribution in [0.25, 0.3) is 0 Å². The van der Waals surface area contributed by atoms with E-state index in [1.165, 1.54) is 6.20 Å². The number of hydrogen-bond donors (Lipinski definition) is 1. The summed E-state index contributed by atoms with van der Waals surface area (Å²) in [7, 11) is 0. The smallest absolute Gasteiger partial charge is 0.213 e. The lowest BCUT2D eigenvalue weighted by molar-refractivity contribution is 0.0107. The first-order valence-electron chi connectivity index (χ1n) is 6.57. The van der Waals surface area contributed by atoms with Gasteiger partial charge in [-0.2, -0.15) is 5.10 Å². The quantitative estimate of drug-likeness (QED) is 0.856. The predicted octanol–water partition coefficient (Wildman–Crippen LogP) is 2.82. The molecule has 0 bridgehead atoms. The molecule has 1 N–H and O–H groups in total. The maximum Gasteiger partial charge on any atom is 0.213 e. The Morgan fingerprint density at radius 3 is 2.78 bits per heavy atom. The van der Waals surface area contributed by atoms with Crippen molar-refractivity contribution in [2.75, 3.05) is 0 Å². The van der Waals surface area contributed by atoms with Crippen LogP contribution in [0.15, 0.2) is 6.20 Å². The molecule has 100 valence electrons. The Balaban J connectivity index is 2.29. The lowest BCUT2D eigenvalue weighted by atomic mass is 9.81. The summed E-state index contributed by atoms with van der Waals surface area (Å²) >= 11 is 6.04. The van der Waals surface area contributed by atoms with E-state index in [4.69, 9.17) is 11.6 Å². The van der Waals surface area contributed by atoms with Crippen LogP contribution in [-0.2, 0) is 6.54 Å². The normalized spacial score (nSPS) is 18.8. The van der Waals surface area contributed by atoms with Crippen LogP contribution in [0, 0.1) is 0 Å². The molecule has 1 aromatic heterocycles. The van der Waals surface area contributed by atoms with Gasteiger partial charge in [-0.25, -0.2) is 0 Å². The van der Waals surface area contributed by atoms with Crippen molar-refractivity contribution in [3.8, 4) is 0 Å². The van der Waals surface area contributed by atoms with Crippen molar-refractivity contribution in [2.24, 2.45) is 0 Å². The summed E-state index contributed by atoms with van der Waals surface area (Å²) in [6, 6.07) is 0. The highest BCUT2D eigenvalue weighted by molar-refractivity contribution is 6.34. The summed E-state index contributed by atoms with van der Waals surface area (Å²) in [5.41, 5.74) is -0.879. The van der Waals surface area contributed by atoms with Gasteiger partial charge in [-0.15, -0.1) is 0 Å². The zero-order valence-electron chi connectivity index (χ0n) is 10.7. The number of nitrogens with zero attached hydrogens (tertiary/aromatic N) is 2. The van der Waals surface area contributed by atoms with Crippen molar-refractivity contribution in [2.45, 2.75) is 57.6 Å². The zero-order chi connectivity index (χ0) is 13.2. The van der Waals surface area contributed by atoms with Crippen LogP contribution >= 0.6 is 11.6 Å². The molecule has 1 fully saturated rings. The average molecular weight is 271 g/mol. The van der Waals surface area contributed by atoms with E-state index in [-0.39, 0.29) is 5.78 Å². The van der Waals surface area contributed by atoms with Crippen LogP contribution in [0.3, 0.4) is 0 Å². The molecule has 0 atom stereocenters. The molecule has 5 heteroatoms. The number of rotatable bonds is 4. The summed E-state index contributed by atoms with van der Waals surface area (Å²) < 4.78 is 1.61. The Hall–Kier alpha value is -0.870. The van der Waals surface area contributed by atoms with Crippen LogP contribution in [0.4, 0.5) is 0 Å². The van der Waals surface area contributed by atoms with E-state index in [9.17, 15) is 9.90 Å². The number of aryl methyl sites for hydroxylation is 1. The number of halogens is 1. The summed E-state index contributed by atoms with van der Waals surface area (Å²) in [5.74, 6) is -0.266. The number of aliphatic hydroxyl groups is 1. The van der Waals surface area contributed by atoms with E-state index in [1.54, 1.807) is 4.68 Å². The molecule has 0 unspecified atom stereocenters. The third-order valence-corrected chi connectivity index (χ3v) is 3.83. The number of aromatic nitrogens is 2. The fourth-order valence-corrected chi connectivity index (χ4v) is 2.78. The predicted molar refractivity (Wildman–Crippen MR) is 69.9 cm³/mol. The Bertz CT molecular complexity index is 436. The molecule has 0 saturated heterocycles. The van der Waals surface area contributed by atoms with Crippen LogP contribution in [-0.4, -0.2) is 26.3 Å². The first-order valence-corrected chi connectivity index (χ1v) is 6.95. The topological polar surface area (TPSA) is 55.1 Å². The number of carbonyl (C=O) groups excluding carboxylic acids is 1. The number of ketones is 1. The SMILES string of the molecule is CCCn1ncc(Cl)c1C(=O)C1(O)CCCCC1. The summed E-state index contributed by atoms with van der Waals surface area (Å²) in [6.45, 7) is 2.66. The third-order valence-electron chi connectivity index (χ3n) is 3.55. The van der Waals surface area contributed by atoms with Gasteiger partial charge in [0.15, 0.2) is 0 Å². The van der Waals surface area contributed by atoms with Crippen molar-refractivity contribution in [1.29, 1.82) is 0 Å². The second-order valence-electron chi connectivity index (χ2n) is 4.99. The fourth-order valence-electron chi connectivity index (χ4n) is 2.55. The van der Waals surface area contributed by atoms with E-state index in [1.807, 2.05) is 6.92 Å². The van der Waals surface area contributed by atoms with Gasteiger partial charge in [0.05, 0.1) is 11.2 Å². The minimum atomic E-state index is -1.24. The highest BCUT2D eigenvalue weighted by Gasteiger charge is 2.40. The van der Waals surface area contributed by atoms with E-state index in [0.717, 1.165) is 25.7 Å². The molecule has 2 rings (SSSR count). The molecule has 0 aliphatic heterocycles. The first-order chi connectivity index (χ1) is 8.58. The van der Waals surface area contributed by atoms with Crippen LogP contribution in [0.1, 0.15) is 55.9 Å². The van der Waals surface area contributed by atoms with E-state index < -0.39 is 5.60 Å². The van der Waals surface area contributed by atoms with Gasteiger partial charge in [0.2, 0.25) is 5.78 Å². The lowest BCUT2D eigenvalue weighted by Gasteiger charge is -2.30. The largest absolute Gasteiger partial charge is 0.382 e. The first kappa shape index (κ1) is 13.6. The van der Waals surface area contributed by atoms with Crippen LogP contribution in [0.5, 0.6) is 0 Å². The Morgan fingerprint density at radius 1 is 1.50 bits per heavy atom. The van der Waals surface area contributed by atoms with Crippen molar-refractivity contribution in [3.63, 3.8) is 0 Å². The maximum absolute atomic E-state index is 12.5. The van der Waals surface area contributed by atoms with Gasteiger partial charge >= 0.3 is 0 Å². The van der Waals surface area contributed by atoms with E-state index in [0.29, 0.717) is 30.1 Å². The van der Waals surface area contributed by atoms with Gasteiger partial charge in [0.1, 0.15) is 11.3 Å². The van der Waals surface area contributed by atoms with E-state index >= 15 is 0 Å². The van der Waals surface area contributed by atoms with Crippen LogP contribution in [0.2, 0.25) is 5.02 Å². The highest BCUT2D eigenvalue weighted by atomic mass is 35.5. The molecule has 0 amide bonds. The van der Waals surface area contributed by atoms with Gasteiger partial charge in [0, 0.05) is 6.54 Å². The lowest BCUT2D eigenvalue weighted by Crippen LogP contribution is -2.41. The fraction of sp³-hybridized carbons (Fsp3) is 0.692. The summed E-state index contributed by atoms with van der Waals surface area (Å²) in [5, 5.41) is 14.9. The molecular weight excluding hydrogens is 252 g/mol. The van der Waals surface area contributed by atoms with Gasteiger partial charge in [0.25, 0.3) is 0 Å². The molecule has 4 nitrogen and oxygen atoms in total. The molecule has 1 saturated carbocycles. The monoisotopic (exact) mass is 270 g/mol. The van der Waals surface area contributed by atoms with Crippen molar-refractivity contribution < 1.29 is 9.90 Å². The Labute approximate surface area is 112 Å². The van der Waals surface area contributed by atoms with Crippen LogP contribution < -0.4 is 0 Å². The van der Waals surface area contributed by atoms with Gasteiger partial charge < -0.3 is 5.11 Å². The van der Waals surface area contributed by atoms with Gasteiger partial charge in [-0.05, 0) is 19.3 Å². The third kappa shape index (κ3) is 2.45.